The second-order valence-corrected chi connectivity index (χ2v) is 10.1. The predicted octanol–water partition coefficient (Wildman–Crippen LogP) is 4.75. The maximum Gasteiger partial charge on any atom is 0.264 e. The summed E-state index contributed by atoms with van der Waals surface area (Å²) in [6, 6.07) is 19.2. The Kier molecular flexibility index (Phi) is 8.65. The summed E-state index contributed by atoms with van der Waals surface area (Å²) in [5.41, 5.74) is 6.32. The molecule has 0 saturated heterocycles. The molecule has 0 unspecified atom stereocenters. The minimum atomic E-state index is -3.99. The van der Waals surface area contributed by atoms with Crippen LogP contribution < -0.4 is 14.5 Å². The van der Waals surface area contributed by atoms with Crippen molar-refractivity contribution in [3.63, 3.8) is 0 Å². The van der Waals surface area contributed by atoms with Crippen LogP contribution in [0, 0.1) is 20.8 Å². The first-order chi connectivity index (χ1) is 16.7. The largest absolute Gasteiger partial charge is 0.494 e. The lowest BCUT2D eigenvalue weighted by Crippen LogP contribution is -2.40. The quantitative estimate of drug-likeness (QED) is 0.326. The second-order valence-electron chi connectivity index (χ2n) is 8.25. The molecule has 3 aromatic rings. The summed E-state index contributed by atoms with van der Waals surface area (Å²) in [5, 5.41) is 4.00. The summed E-state index contributed by atoms with van der Waals surface area (Å²) in [7, 11) is -3.99. The van der Waals surface area contributed by atoms with E-state index in [1.54, 1.807) is 36.4 Å². The Morgan fingerprint density at radius 1 is 1.00 bits per heavy atom. The zero-order valence-electron chi connectivity index (χ0n) is 20.5. The molecule has 0 fully saturated rings. The average molecular weight is 494 g/mol. The highest BCUT2D eigenvalue weighted by Crippen LogP contribution is 2.28. The fourth-order valence-electron chi connectivity index (χ4n) is 3.36. The van der Waals surface area contributed by atoms with Crippen molar-refractivity contribution in [1.29, 1.82) is 0 Å². The third kappa shape index (κ3) is 6.70. The molecule has 0 bridgehead atoms. The number of nitrogens with zero attached hydrogens (tertiary/aromatic N) is 2. The van der Waals surface area contributed by atoms with Crippen LogP contribution >= 0.6 is 0 Å². The van der Waals surface area contributed by atoms with E-state index in [1.165, 1.54) is 6.21 Å². The molecular weight excluding hydrogens is 462 g/mol. The molecule has 0 spiro atoms. The molecule has 0 atom stereocenters. The Bertz CT molecular complexity index is 1290. The number of carbonyl (C=O) groups excluding carboxylic acids is 1. The van der Waals surface area contributed by atoms with Crippen LogP contribution in [0.3, 0.4) is 0 Å². The van der Waals surface area contributed by atoms with Gasteiger partial charge in [0.25, 0.3) is 15.9 Å². The number of hydrazone groups is 1. The molecule has 7 nitrogen and oxygen atoms in total. The van der Waals surface area contributed by atoms with E-state index < -0.39 is 22.5 Å². The average Bonchev–Trinajstić information content (AvgIpc) is 2.84. The first-order valence-corrected chi connectivity index (χ1v) is 12.9. The molecule has 0 aliphatic carbocycles. The van der Waals surface area contributed by atoms with Gasteiger partial charge in [0.15, 0.2) is 0 Å². The van der Waals surface area contributed by atoms with E-state index >= 15 is 0 Å². The van der Waals surface area contributed by atoms with Crippen molar-refractivity contribution >= 4 is 27.8 Å². The molecule has 0 aromatic heterocycles. The maximum atomic E-state index is 13.5. The first kappa shape index (κ1) is 26.0. The van der Waals surface area contributed by atoms with Gasteiger partial charge in [-0.15, -0.1) is 0 Å². The smallest absolute Gasteiger partial charge is 0.264 e. The number of hydrogen-bond acceptors (Lipinski definition) is 5. The van der Waals surface area contributed by atoms with E-state index in [-0.39, 0.29) is 4.90 Å². The molecule has 3 rings (SSSR count). The van der Waals surface area contributed by atoms with Crippen LogP contribution in [0.5, 0.6) is 5.75 Å². The molecule has 1 N–H and O–H groups in total. The lowest BCUT2D eigenvalue weighted by atomic mass is 10.1. The molecule has 184 valence electrons. The first-order valence-electron chi connectivity index (χ1n) is 11.4. The van der Waals surface area contributed by atoms with Crippen LogP contribution in [0.15, 0.2) is 76.7 Å². The molecule has 3 aromatic carbocycles. The standard InChI is InChI=1S/C27H31N3O4S/c1-5-17-34-24-13-11-23(12-14-24)18-28-29-27(31)19-30(26-8-6-7-21(3)22(26)4)35(32,33)25-15-9-20(2)10-16-25/h6-16,18H,5,17,19H2,1-4H3,(H,29,31)/b28-18-. The number of hydrogen-bond donors (Lipinski definition) is 1. The Morgan fingerprint density at radius 3 is 2.34 bits per heavy atom. The molecule has 0 aliphatic heterocycles. The molecule has 0 saturated carbocycles. The summed E-state index contributed by atoms with van der Waals surface area (Å²) in [5.74, 6) is 0.208. The number of aryl methyl sites for hydroxylation is 2. The molecule has 0 heterocycles. The number of carbonyl (C=O) groups is 1. The number of ether oxygens (including phenoxy) is 1. The van der Waals surface area contributed by atoms with E-state index in [1.807, 2.05) is 58.0 Å². The minimum Gasteiger partial charge on any atom is -0.494 e. The van der Waals surface area contributed by atoms with Gasteiger partial charge in [-0.25, -0.2) is 13.8 Å². The molecular formula is C27H31N3O4S. The molecule has 1 amide bonds. The van der Waals surface area contributed by atoms with E-state index in [0.717, 1.165) is 38.7 Å². The van der Waals surface area contributed by atoms with Crippen molar-refractivity contribution in [2.75, 3.05) is 17.5 Å². The van der Waals surface area contributed by atoms with Crippen LogP contribution in [-0.2, 0) is 14.8 Å². The van der Waals surface area contributed by atoms with Crippen LogP contribution in [0.25, 0.3) is 0 Å². The predicted molar refractivity (Wildman–Crippen MR) is 140 cm³/mol. The van der Waals surface area contributed by atoms with Gasteiger partial charge < -0.3 is 4.74 Å². The highest BCUT2D eigenvalue weighted by molar-refractivity contribution is 7.92. The third-order valence-electron chi connectivity index (χ3n) is 5.50. The summed E-state index contributed by atoms with van der Waals surface area (Å²) < 4.78 is 33.8. The second kappa shape index (κ2) is 11.7. The van der Waals surface area contributed by atoms with Crippen molar-refractivity contribution in [3.05, 3.63) is 89.0 Å². The number of benzene rings is 3. The topological polar surface area (TPSA) is 88.1 Å². The summed E-state index contributed by atoms with van der Waals surface area (Å²) in [6.45, 7) is 7.89. The fraction of sp³-hybridized carbons (Fsp3) is 0.259. The number of nitrogens with one attached hydrogen (secondary N) is 1. The van der Waals surface area contributed by atoms with Gasteiger partial charge in [0.2, 0.25) is 0 Å². The zero-order valence-corrected chi connectivity index (χ0v) is 21.3. The van der Waals surface area contributed by atoms with Gasteiger partial charge in [0.05, 0.1) is 23.4 Å². The van der Waals surface area contributed by atoms with Crippen LogP contribution in [0.4, 0.5) is 5.69 Å². The van der Waals surface area contributed by atoms with E-state index in [9.17, 15) is 13.2 Å². The van der Waals surface area contributed by atoms with Crippen molar-refractivity contribution in [2.45, 2.75) is 39.0 Å². The highest BCUT2D eigenvalue weighted by atomic mass is 32.2. The van der Waals surface area contributed by atoms with Gasteiger partial charge in [-0.05, 0) is 86.3 Å². The van der Waals surface area contributed by atoms with Crippen LogP contribution in [0.1, 0.15) is 35.6 Å². The lowest BCUT2D eigenvalue weighted by molar-refractivity contribution is -0.119. The van der Waals surface area contributed by atoms with Crippen molar-refractivity contribution in [3.8, 4) is 5.75 Å². The van der Waals surface area contributed by atoms with E-state index in [0.29, 0.717) is 12.3 Å². The van der Waals surface area contributed by atoms with Crippen LogP contribution in [-0.4, -0.2) is 33.7 Å². The van der Waals surface area contributed by atoms with E-state index in [4.69, 9.17) is 4.74 Å². The molecule has 35 heavy (non-hydrogen) atoms. The maximum absolute atomic E-state index is 13.5. The van der Waals surface area contributed by atoms with Gasteiger partial charge in [0, 0.05) is 0 Å². The van der Waals surface area contributed by atoms with Gasteiger partial charge in [-0.3, -0.25) is 9.10 Å². The number of anilines is 1. The number of sulfonamides is 1. The number of rotatable bonds is 10. The van der Waals surface area contributed by atoms with Crippen molar-refractivity contribution < 1.29 is 17.9 Å². The fourth-order valence-corrected chi connectivity index (χ4v) is 4.84. The van der Waals surface area contributed by atoms with Gasteiger partial charge in [0.1, 0.15) is 12.3 Å². The summed E-state index contributed by atoms with van der Waals surface area (Å²) in [6.07, 6.45) is 2.42. The summed E-state index contributed by atoms with van der Waals surface area (Å²) >= 11 is 0. The molecule has 0 radical (unpaired) electrons. The van der Waals surface area contributed by atoms with Crippen molar-refractivity contribution in [1.82, 2.24) is 5.43 Å². The minimum absolute atomic E-state index is 0.116. The lowest BCUT2D eigenvalue weighted by Gasteiger charge is -2.26. The van der Waals surface area contributed by atoms with Crippen molar-refractivity contribution in [2.24, 2.45) is 5.10 Å². The molecule has 0 aliphatic rings. The summed E-state index contributed by atoms with van der Waals surface area (Å²) in [4.78, 5) is 12.9. The van der Waals surface area contributed by atoms with Gasteiger partial charge >= 0.3 is 0 Å². The Morgan fingerprint density at radius 2 is 1.69 bits per heavy atom. The normalized spacial score (nSPS) is 11.4. The van der Waals surface area contributed by atoms with E-state index in [2.05, 4.69) is 10.5 Å². The Balaban J connectivity index is 1.80. The molecule has 8 heteroatoms. The van der Waals surface area contributed by atoms with Gasteiger partial charge in [-0.1, -0.05) is 36.8 Å². The van der Waals surface area contributed by atoms with Gasteiger partial charge in [-0.2, -0.15) is 5.10 Å². The Labute approximate surface area is 207 Å². The van der Waals surface area contributed by atoms with Crippen LogP contribution in [0.2, 0.25) is 0 Å². The zero-order chi connectivity index (χ0) is 25.4. The SMILES string of the molecule is CCCOc1ccc(/C=N\NC(=O)CN(c2cccc(C)c2C)S(=O)(=O)c2ccc(C)cc2)cc1. The Hall–Kier alpha value is -3.65. The number of amides is 1. The monoisotopic (exact) mass is 493 g/mol. The third-order valence-corrected chi connectivity index (χ3v) is 7.27. The highest BCUT2D eigenvalue weighted by Gasteiger charge is 2.28.